The van der Waals surface area contributed by atoms with Crippen LogP contribution >= 0.6 is 0 Å². The van der Waals surface area contributed by atoms with Crippen molar-refractivity contribution in [2.45, 2.75) is 329 Å². The number of hydrogen-bond donors (Lipinski definition) is 0. The number of ether oxygens (including phenoxy) is 3. The molecule has 0 aromatic heterocycles. The highest BCUT2D eigenvalue weighted by molar-refractivity contribution is 5.71. The summed E-state index contributed by atoms with van der Waals surface area (Å²) in [6.45, 7) is 6.44. The maximum atomic E-state index is 13.0. The van der Waals surface area contributed by atoms with E-state index in [9.17, 15) is 14.4 Å². The van der Waals surface area contributed by atoms with Crippen LogP contribution in [-0.2, 0) is 28.6 Å². The highest BCUT2D eigenvalue weighted by Crippen LogP contribution is 2.17. The van der Waals surface area contributed by atoms with Crippen molar-refractivity contribution < 1.29 is 28.6 Å². The fourth-order valence-corrected chi connectivity index (χ4v) is 9.52. The Balaban J connectivity index is 4.39. The van der Waals surface area contributed by atoms with Gasteiger partial charge in [-0.2, -0.15) is 0 Å². The number of carbonyl (C=O) groups excluding carboxylic acids is 3. The van der Waals surface area contributed by atoms with Crippen molar-refractivity contribution in [2.24, 2.45) is 0 Å². The van der Waals surface area contributed by atoms with Crippen molar-refractivity contribution in [2.75, 3.05) is 13.2 Å². The van der Waals surface area contributed by atoms with Crippen LogP contribution in [0.3, 0.4) is 0 Å². The van der Waals surface area contributed by atoms with E-state index in [1.165, 1.54) is 161 Å². The van der Waals surface area contributed by atoms with Crippen LogP contribution in [-0.4, -0.2) is 37.2 Å². The number of hydrogen-bond acceptors (Lipinski definition) is 6. The van der Waals surface area contributed by atoms with Crippen molar-refractivity contribution >= 4 is 17.9 Å². The molecular weight excluding hydrogens is 985 g/mol. The minimum atomic E-state index is -0.787. The molecule has 0 bridgehead atoms. The van der Waals surface area contributed by atoms with Gasteiger partial charge < -0.3 is 14.2 Å². The molecule has 1 unspecified atom stereocenters. The predicted octanol–water partition coefficient (Wildman–Crippen LogP) is 23.4. The van der Waals surface area contributed by atoms with E-state index < -0.39 is 6.10 Å². The Kier molecular flexibility index (Phi) is 64.3. The molecular formula is C74H126O6. The Bertz CT molecular complexity index is 1610. The van der Waals surface area contributed by atoms with Crippen LogP contribution in [0.1, 0.15) is 323 Å². The van der Waals surface area contributed by atoms with Crippen LogP contribution in [0.25, 0.3) is 0 Å². The summed E-state index contributed by atoms with van der Waals surface area (Å²) in [6.07, 6.45) is 92.3. The van der Waals surface area contributed by atoms with Crippen LogP contribution in [0.2, 0.25) is 0 Å². The standard InChI is InChI=1S/C74H126O6/c1-4-7-10-13-16-19-22-25-28-31-33-35-37-39-41-43-46-49-52-55-58-61-64-67-73(76)79-70-71(69-78-72(75)66-63-60-57-54-51-48-45-30-27-24-21-18-15-12-9-6-3)80-74(77)68-65-62-59-56-53-50-47-44-42-40-38-36-34-32-29-26-23-20-17-14-11-8-5-2/h7-8,10-11,16-17,19-20,25-26,28-29,33-36,39,41,71H,4-6,9,12-15,18,21-24,27,30-32,37-38,40,42-70H2,1-3H3/b10-7-,11-8-,19-16-,20-17-,28-25-,29-26-,35-33-,36-34-,41-39-. The zero-order valence-corrected chi connectivity index (χ0v) is 52.6. The highest BCUT2D eigenvalue weighted by Gasteiger charge is 2.19. The molecule has 458 valence electrons. The minimum absolute atomic E-state index is 0.0811. The van der Waals surface area contributed by atoms with E-state index in [-0.39, 0.29) is 31.1 Å². The molecule has 6 heteroatoms. The lowest BCUT2D eigenvalue weighted by atomic mass is 10.0. The summed E-state index contributed by atoms with van der Waals surface area (Å²) in [7, 11) is 0. The molecule has 6 nitrogen and oxygen atoms in total. The first-order chi connectivity index (χ1) is 39.5. The van der Waals surface area contributed by atoms with E-state index in [2.05, 4.69) is 130 Å². The lowest BCUT2D eigenvalue weighted by molar-refractivity contribution is -0.167. The normalized spacial score (nSPS) is 12.8. The van der Waals surface area contributed by atoms with Crippen molar-refractivity contribution in [3.05, 3.63) is 109 Å². The average Bonchev–Trinajstić information content (AvgIpc) is 3.46. The Morgan fingerprint density at radius 2 is 0.487 bits per heavy atom. The minimum Gasteiger partial charge on any atom is -0.462 e. The summed E-state index contributed by atoms with van der Waals surface area (Å²) in [6, 6.07) is 0. The van der Waals surface area contributed by atoms with Crippen molar-refractivity contribution in [1.82, 2.24) is 0 Å². The molecule has 0 fully saturated rings. The number of carbonyl (C=O) groups is 3. The van der Waals surface area contributed by atoms with E-state index in [4.69, 9.17) is 14.2 Å². The second kappa shape index (κ2) is 67.6. The van der Waals surface area contributed by atoms with Crippen LogP contribution in [0.5, 0.6) is 0 Å². The second-order valence-electron chi connectivity index (χ2n) is 22.3. The molecule has 0 saturated carbocycles. The second-order valence-corrected chi connectivity index (χ2v) is 22.3. The molecule has 1 atom stereocenters. The van der Waals surface area contributed by atoms with Crippen LogP contribution in [0.15, 0.2) is 109 Å². The van der Waals surface area contributed by atoms with Gasteiger partial charge in [-0.05, 0) is 103 Å². The van der Waals surface area contributed by atoms with Crippen LogP contribution in [0, 0.1) is 0 Å². The number of allylic oxidation sites excluding steroid dienone is 18. The first-order valence-corrected chi connectivity index (χ1v) is 33.9. The summed E-state index contributed by atoms with van der Waals surface area (Å²) in [4.78, 5) is 38.4. The lowest BCUT2D eigenvalue weighted by Crippen LogP contribution is -2.30. The third-order valence-electron chi connectivity index (χ3n) is 14.5. The molecule has 0 aliphatic heterocycles. The smallest absolute Gasteiger partial charge is 0.306 e. The quantitative estimate of drug-likeness (QED) is 0.0261. The Hall–Kier alpha value is -3.93. The summed E-state index contributed by atoms with van der Waals surface area (Å²) in [5.74, 6) is -0.883. The van der Waals surface area contributed by atoms with Crippen molar-refractivity contribution in [1.29, 1.82) is 0 Å². The highest BCUT2D eigenvalue weighted by atomic mass is 16.6. The van der Waals surface area contributed by atoms with Gasteiger partial charge in [0.2, 0.25) is 0 Å². The monoisotopic (exact) mass is 1110 g/mol. The number of rotatable bonds is 61. The zero-order valence-electron chi connectivity index (χ0n) is 52.6. The molecule has 0 aromatic carbocycles. The van der Waals surface area contributed by atoms with Gasteiger partial charge in [-0.3, -0.25) is 14.4 Å². The van der Waals surface area contributed by atoms with Crippen LogP contribution in [0.4, 0.5) is 0 Å². The maximum Gasteiger partial charge on any atom is 0.306 e. The third kappa shape index (κ3) is 64.9. The molecule has 0 radical (unpaired) electrons. The Labute approximate surface area is 495 Å². The van der Waals surface area contributed by atoms with E-state index in [0.29, 0.717) is 19.3 Å². The molecule has 0 aliphatic rings. The third-order valence-corrected chi connectivity index (χ3v) is 14.5. The lowest BCUT2D eigenvalue weighted by Gasteiger charge is -2.18. The van der Waals surface area contributed by atoms with Gasteiger partial charge in [0.15, 0.2) is 6.10 Å². The Morgan fingerprint density at radius 3 is 0.762 bits per heavy atom. The molecule has 0 amide bonds. The number of unbranched alkanes of at least 4 members (excludes halogenated alkanes) is 32. The summed E-state index contributed by atoms with van der Waals surface area (Å²) < 4.78 is 17.0. The van der Waals surface area contributed by atoms with E-state index in [0.717, 1.165) is 122 Å². The van der Waals surface area contributed by atoms with Gasteiger partial charge in [0.05, 0.1) is 0 Å². The molecule has 0 spiro atoms. The van der Waals surface area contributed by atoms with Crippen molar-refractivity contribution in [3.63, 3.8) is 0 Å². The summed E-state index contributed by atoms with van der Waals surface area (Å²) in [5.41, 5.74) is 0. The van der Waals surface area contributed by atoms with Crippen molar-refractivity contribution in [3.8, 4) is 0 Å². The molecule has 0 heterocycles. The van der Waals surface area contributed by atoms with Gasteiger partial charge in [-0.15, -0.1) is 0 Å². The molecule has 0 aromatic rings. The average molecular weight is 1110 g/mol. The predicted molar refractivity (Wildman–Crippen MR) is 348 cm³/mol. The van der Waals surface area contributed by atoms with Gasteiger partial charge in [0.25, 0.3) is 0 Å². The van der Waals surface area contributed by atoms with Gasteiger partial charge in [-0.1, -0.05) is 310 Å². The van der Waals surface area contributed by atoms with Crippen LogP contribution < -0.4 is 0 Å². The molecule has 0 aliphatic carbocycles. The SMILES string of the molecule is CC/C=C\C/C=C\C/C=C\C/C=C\C/C=C\CCCCCCCCCC(=O)OCC(COC(=O)CCCCCCCCCCCCCCCCCC)OC(=O)CCCCCCCCCCCC/C=C\C/C=C\C/C=C\C/C=C\CC. The number of esters is 3. The van der Waals surface area contributed by atoms with Gasteiger partial charge in [0.1, 0.15) is 13.2 Å². The van der Waals surface area contributed by atoms with E-state index in [1.807, 2.05) is 0 Å². The fraction of sp³-hybridized carbons (Fsp3) is 0.716. The first-order valence-electron chi connectivity index (χ1n) is 33.9. The summed E-state index contributed by atoms with van der Waals surface area (Å²) >= 11 is 0. The zero-order chi connectivity index (χ0) is 57.8. The van der Waals surface area contributed by atoms with E-state index >= 15 is 0 Å². The van der Waals surface area contributed by atoms with E-state index in [1.54, 1.807) is 0 Å². The summed E-state index contributed by atoms with van der Waals surface area (Å²) in [5, 5.41) is 0. The van der Waals surface area contributed by atoms with Gasteiger partial charge >= 0.3 is 17.9 Å². The first kappa shape index (κ1) is 76.1. The Morgan fingerprint density at radius 1 is 0.263 bits per heavy atom. The topological polar surface area (TPSA) is 78.9 Å². The molecule has 80 heavy (non-hydrogen) atoms. The fourth-order valence-electron chi connectivity index (χ4n) is 9.52. The maximum absolute atomic E-state index is 13.0. The molecule has 0 saturated heterocycles. The van der Waals surface area contributed by atoms with Gasteiger partial charge in [-0.25, -0.2) is 0 Å². The van der Waals surface area contributed by atoms with Gasteiger partial charge in [0, 0.05) is 19.3 Å². The largest absolute Gasteiger partial charge is 0.462 e. The molecule has 0 rings (SSSR count). The molecule has 0 N–H and O–H groups in total.